The predicted octanol–water partition coefficient (Wildman–Crippen LogP) is 3.49. The van der Waals surface area contributed by atoms with E-state index in [1.807, 2.05) is 30.3 Å². The van der Waals surface area contributed by atoms with Crippen molar-refractivity contribution in [3.63, 3.8) is 0 Å². The lowest BCUT2D eigenvalue weighted by molar-refractivity contribution is -0.117. The lowest BCUT2D eigenvalue weighted by Crippen LogP contribution is -2.33. The topological polar surface area (TPSA) is 91.1 Å². The van der Waals surface area contributed by atoms with Crippen molar-refractivity contribution in [3.8, 4) is 0 Å². The number of Topliss-reactive ketones (excluding diaryl/α,β-unsaturated/α-hetero) is 1. The summed E-state index contributed by atoms with van der Waals surface area (Å²) in [6, 6.07) is 14.2. The Labute approximate surface area is 157 Å². The first kappa shape index (κ1) is 18.4. The van der Waals surface area contributed by atoms with Crippen molar-refractivity contribution in [1.82, 2.24) is 10.3 Å². The molecule has 0 saturated carbocycles. The molecule has 3 rings (SSSR count). The number of rotatable bonds is 5. The molecule has 0 unspecified atom stereocenters. The number of carbonyl (C=O) groups excluding carboxylic acids is 3. The van der Waals surface area contributed by atoms with Gasteiger partial charge in [0.2, 0.25) is 5.91 Å². The Hall–Kier alpha value is -3.41. The van der Waals surface area contributed by atoms with E-state index in [4.69, 9.17) is 0 Å². The number of H-pyrrole nitrogens is 1. The van der Waals surface area contributed by atoms with Gasteiger partial charge in [-0.15, -0.1) is 0 Å². The first-order valence-electron chi connectivity index (χ1n) is 8.67. The summed E-state index contributed by atoms with van der Waals surface area (Å²) in [5.74, 6) is -1.41. The van der Waals surface area contributed by atoms with Crippen molar-refractivity contribution in [2.45, 2.75) is 26.8 Å². The number of aromatic nitrogens is 1. The summed E-state index contributed by atoms with van der Waals surface area (Å²) >= 11 is 0. The minimum Gasteiger partial charge on any atom is -0.358 e. The second-order valence-electron chi connectivity index (χ2n) is 6.50. The van der Waals surface area contributed by atoms with E-state index in [2.05, 4.69) is 15.6 Å². The van der Waals surface area contributed by atoms with Crippen LogP contribution in [0.2, 0.25) is 0 Å². The minimum absolute atomic E-state index is 0.172. The Bertz CT molecular complexity index is 1040. The number of fused-ring (bicyclic) bond motifs is 1. The van der Waals surface area contributed by atoms with Gasteiger partial charge < -0.3 is 15.6 Å². The highest BCUT2D eigenvalue weighted by atomic mass is 16.2. The van der Waals surface area contributed by atoms with Crippen LogP contribution in [-0.2, 0) is 9.59 Å². The molecule has 0 aliphatic heterocycles. The number of hydrogen-bond donors (Lipinski definition) is 3. The predicted molar refractivity (Wildman–Crippen MR) is 105 cm³/mol. The molecule has 2 aromatic carbocycles. The van der Waals surface area contributed by atoms with Gasteiger partial charge in [-0.25, -0.2) is 0 Å². The number of benzene rings is 2. The third kappa shape index (κ3) is 3.89. The number of carbonyl (C=O) groups is 3. The molecule has 1 aromatic heterocycles. The van der Waals surface area contributed by atoms with E-state index in [1.165, 1.54) is 6.92 Å². The Morgan fingerprint density at radius 2 is 1.78 bits per heavy atom. The fraction of sp³-hybridized carbons (Fsp3) is 0.190. The number of hydrogen-bond acceptors (Lipinski definition) is 3. The second kappa shape index (κ2) is 7.45. The molecule has 0 saturated heterocycles. The Morgan fingerprint density at radius 1 is 1.04 bits per heavy atom. The largest absolute Gasteiger partial charge is 0.358 e. The zero-order chi connectivity index (χ0) is 19.6. The van der Waals surface area contributed by atoms with Gasteiger partial charge in [0.25, 0.3) is 11.7 Å². The zero-order valence-electron chi connectivity index (χ0n) is 15.4. The number of amides is 2. The molecule has 6 heteroatoms. The number of aryl methyl sites for hydroxylation is 1. The third-order valence-corrected chi connectivity index (χ3v) is 4.38. The summed E-state index contributed by atoms with van der Waals surface area (Å²) in [5, 5.41) is 6.18. The maximum Gasteiger partial charge on any atom is 0.292 e. The first-order valence-corrected chi connectivity index (χ1v) is 8.67. The molecule has 2 amide bonds. The maximum atomic E-state index is 12.7. The monoisotopic (exact) mass is 363 g/mol. The van der Waals surface area contributed by atoms with E-state index in [9.17, 15) is 14.4 Å². The standard InChI is InChI=1S/C21H21N3O3/c1-12(15-7-6-8-16(11-15)24-14(3)25)23-21(27)20(26)19-13(2)22-18-10-5-4-9-17(18)19/h4-12,22H,1-3H3,(H,23,27)(H,24,25)/t12-/m0/s1. The quantitative estimate of drug-likeness (QED) is 0.479. The van der Waals surface area contributed by atoms with Gasteiger partial charge in [0.15, 0.2) is 0 Å². The van der Waals surface area contributed by atoms with Crippen molar-refractivity contribution in [1.29, 1.82) is 0 Å². The fourth-order valence-electron chi connectivity index (χ4n) is 3.12. The number of ketones is 1. The maximum absolute atomic E-state index is 12.7. The number of para-hydroxylation sites is 1. The molecule has 0 bridgehead atoms. The van der Waals surface area contributed by atoms with Crippen LogP contribution in [0.25, 0.3) is 10.9 Å². The van der Waals surface area contributed by atoms with Crippen molar-refractivity contribution < 1.29 is 14.4 Å². The van der Waals surface area contributed by atoms with Crippen LogP contribution in [0.15, 0.2) is 48.5 Å². The molecule has 3 aromatic rings. The van der Waals surface area contributed by atoms with Crippen LogP contribution >= 0.6 is 0 Å². The molecule has 6 nitrogen and oxygen atoms in total. The van der Waals surface area contributed by atoms with Crippen LogP contribution in [-0.4, -0.2) is 22.6 Å². The van der Waals surface area contributed by atoms with Gasteiger partial charge in [-0.2, -0.15) is 0 Å². The Morgan fingerprint density at radius 3 is 2.52 bits per heavy atom. The summed E-state index contributed by atoms with van der Waals surface area (Å²) in [4.78, 5) is 39.6. The molecular weight excluding hydrogens is 342 g/mol. The van der Waals surface area contributed by atoms with Gasteiger partial charge in [0, 0.05) is 29.2 Å². The fourth-order valence-corrected chi connectivity index (χ4v) is 3.12. The molecule has 1 atom stereocenters. The van der Waals surface area contributed by atoms with E-state index in [1.54, 1.807) is 32.0 Å². The van der Waals surface area contributed by atoms with E-state index in [-0.39, 0.29) is 11.9 Å². The minimum atomic E-state index is -0.666. The second-order valence-corrected chi connectivity index (χ2v) is 6.50. The SMILES string of the molecule is CC(=O)Nc1cccc([C@H](C)NC(=O)C(=O)c2c(C)[nH]c3ccccc23)c1. The molecule has 0 spiro atoms. The summed E-state index contributed by atoms with van der Waals surface area (Å²) in [5.41, 5.74) is 3.30. The first-order chi connectivity index (χ1) is 12.9. The van der Waals surface area contributed by atoms with E-state index < -0.39 is 11.7 Å². The van der Waals surface area contributed by atoms with Crippen LogP contribution in [0, 0.1) is 6.92 Å². The number of anilines is 1. The van der Waals surface area contributed by atoms with Crippen molar-refractivity contribution in [2.24, 2.45) is 0 Å². The van der Waals surface area contributed by atoms with Crippen molar-refractivity contribution in [3.05, 3.63) is 65.4 Å². The van der Waals surface area contributed by atoms with Crippen molar-refractivity contribution >= 4 is 34.2 Å². The average molecular weight is 363 g/mol. The number of nitrogens with one attached hydrogen (secondary N) is 3. The van der Waals surface area contributed by atoms with Crippen molar-refractivity contribution in [2.75, 3.05) is 5.32 Å². The van der Waals surface area contributed by atoms with Gasteiger partial charge >= 0.3 is 0 Å². The van der Waals surface area contributed by atoms with Gasteiger partial charge in [-0.05, 0) is 37.6 Å². The molecule has 1 heterocycles. The van der Waals surface area contributed by atoms with Gasteiger partial charge in [-0.1, -0.05) is 30.3 Å². The molecule has 0 radical (unpaired) electrons. The zero-order valence-corrected chi connectivity index (χ0v) is 15.4. The molecule has 0 aliphatic carbocycles. The molecule has 138 valence electrons. The Balaban J connectivity index is 1.79. The summed E-state index contributed by atoms with van der Waals surface area (Å²) in [7, 11) is 0. The molecular formula is C21H21N3O3. The summed E-state index contributed by atoms with van der Waals surface area (Å²) in [6.07, 6.45) is 0. The summed E-state index contributed by atoms with van der Waals surface area (Å²) in [6.45, 7) is 5.00. The molecule has 3 N–H and O–H groups in total. The van der Waals surface area contributed by atoms with Crippen LogP contribution in [0.1, 0.15) is 41.5 Å². The Kier molecular flexibility index (Phi) is 5.07. The van der Waals surface area contributed by atoms with E-state index in [0.29, 0.717) is 16.9 Å². The molecule has 0 fully saturated rings. The van der Waals surface area contributed by atoms with Gasteiger partial charge in [0.1, 0.15) is 0 Å². The molecule has 0 aliphatic rings. The van der Waals surface area contributed by atoms with Crippen LogP contribution in [0.3, 0.4) is 0 Å². The molecule has 27 heavy (non-hydrogen) atoms. The normalized spacial score (nSPS) is 11.8. The highest BCUT2D eigenvalue weighted by Gasteiger charge is 2.24. The lowest BCUT2D eigenvalue weighted by Gasteiger charge is -2.15. The van der Waals surface area contributed by atoms with Crippen LogP contribution in [0.5, 0.6) is 0 Å². The smallest absolute Gasteiger partial charge is 0.292 e. The highest BCUT2D eigenvalue weighted by molar-refractivity contribution is 6.45. The average Bonchev–Trinajstić information content (AvgIpc) is 2.96. The van der Waals surface area contributed by atoms with Gasteiger partial charge in [-0.3, -0.25) is 14.4 Å². The number of aromatic amines is 1. The van der Waals surface area contributed by atoms with Crippen LogP contribution < -0.4 is 10.6 Å². The summed E-state index contributed by atoms with van der Waals surface area (Å²) < 4.78 is 0. The van der Waals surface area contributed by atoms with E-state index in [0.717, 1.165) is 16.5 Å². The van der Waals surface area contributed by atoms with Crippen LogP contribution in [0.4, 0.5) is 5.69 Å². The lowest BCUT2D eigenvalue weighted by atomic mass is 10.0. The highest BCUT2D eigenvalue weighted by Crippen LogP contribution is 2.23. The van der Waals surface area contributed by atoms with Gasteiger partial charge in [0.05, 0.1) is 11.6 Å². The van der Waals surface area contributed by atoms with E-state index >= 15 is 0 Å². The third-order valence-electron chi connectivity index (χ3n) is 4.38.